The Kier molecular flexibility index (Phi) is 6.00. The van der Waals surface area contributed by atoms with E-state index in [4.69, 9.17) is 16.3 Å². The lowest BCUT2D eigenvalue weighted by molar-refractivity contribution is -0.146. The van der Waals surface area contributed by atoms with Gasteiger partial charge < -0.3 is 14.8 Å². The van der Waals surface area contributed by atoms with Gasteiger partial charge in [0, 0.05) is 0 Å². The summed E-state index contributed by atoms with van der Waals surface area (Å²) < 4.78 is 9.46. The van der Waals surface area contributed by atoms with E-state index in [2.05, 4.69) is 10.1 Å². The van der Waals surface area contributed by atoms with Crippen LogP contribution in [-0.4, -0.2) is 24.2 Å². The molecule has 0 aliphatic heterocycles. The van der Waals surface area contributed by atoms with Crippen molar-refractivity contribution in [2.45, 2.75) is 19.6 Å². The fraction of sp³-hybridized carbons (Fsp3) is 0.333. The van der Waals surface area contributed by atoms with Crippen LogP contribution in [0.3, 0.4) is 0 Å². The van der Waals surface area contributed by atoms with Gasteiger partial charge in [-0.05, 0) is 12.5 Å². The quantitative estimate of drug-likeness (QED) is 0.657. The van der Waals surface area contributed by atoms with Gasteiger partial charge in [-0.15, -0.1) is 0 Å². The highest BCUT2D eigenvalue weighted by Crippen LogP contribution is 2.01. The van der Waals surface area contributed by atoms with Crippen molar-refractivity contribution in [1.82, 2.24) is 5.32 Å². The number of ether oxygens (including phenoxy) is 2. The van der Waals surface area contributed by atoms with Crippen molar-refractivity contribution in [3.63, 3.8) is 0 Å². The molecular formula is C12H14ClNO4. The minimum atomic E-state index is -0.788. The highest BCUT2D eigenvalue weighted by atomic mass is 35.5. The van der Waals surface area contributed by atoms with Gasteiger partial charge in [0.15, 0.2) is 6.07 Å². The van der Waals surface area contributed by atoms with E-state index in [-0.39, 0.29) is 12.7 Å². The molecule has 0 radical (unpaired) electrons. The van der Waals surface area contributed by atoms with E-state index in [0.29, 0.717) is 0 Å². The lowest BCUT2D eigenvalue weighted by atomic mass is 10.2. The smallest absolute Gasteiger partial charge is 0.409 e. The maximum Gasteiger partial charge on any atom is 0.409 e. The first-order chi connectivity index (χ1) is 8.63. The largest absolute Gasteiger partial charge is 0.459 e. The Balaban J connectivity index is 2.34. The van der Waals surface area contributed by atoms with Gasteiger partial charge in [0.05, 0.1) is 0 Å². The Morgan fingerprint density at radius 3 is 2.56 bits per heavy atom. The number of nitrogens with one attached hydrogen (secondary N) is 1. The van der Waals surface area contributed by atoms with Crippen molar-refractivity contribution >= 4 is 23.7 Å². The number of carbonyl (C=O) groups is 2. The zero-order valence-corrected chi connectivity index (χ0v) is 10.6. The van der Waals surface area contributed by atoms with Gasteiger partial charge in [0.2, 0.25) is 0 Å². The third-order valence-corrected chi connectivity index (χ3v) is 2.21. The molecule has 0 aromatic heterocycles. The highest BCUT2D eigenvalue weighted by molar-refractivity contribution is 6.17. The molecule has 5 nitrogen and oxygen atoms in total. The number of hydrogen-bond acceptors (Lipinski definition) is 4. The fourth-order valence-electron chi connectivity index (χ4n) is 1.18. The zero-order valence-electron chi connectivity index (χ0n) is 9.89. The van der Waals surface area contributed by atoms with Crippen LogP contribution in [-0.2, 0) is 20.9 Å². The Morgan fingerprint density at radius 2 is 1.94 bits per heavy atom. The van der Waals surface area contributed by atoms with Crippen molar-refractivity contribution in [2.24, 2.45) is 0 Å². The standard InChI is InChI=1S/C12H14ClNO4/c1-9(14-12(16)18-8-13)11(15)17-7-10-5-3-2-4-6-10/h2-6,9H,7-8H2,1H3,(H,14,16). The van der Waals surface area contributed by atoms with Crippen LogP contribution in [0, 0.1) is 0 Å². The molecular weight excluding hydrogens is 258 g/mol. The summed E-state index contributed by atoms with van der Waals surface area (Å²) in [6, 6.07) is 8.20. The molecule has 1 aromatic carbocycles. The van der Waals surface area contributed by atoms with Crippen LogP contribution in [0.2, 0.25) is 0 Å². The molecule has 98 valence electrons. The molecule has 0 heterocycles. The van der Waals surface area contributed by atoms with Gasteiger partial charge >= 0.3 is 12.1 Å². The second-order valence-corrected chi connectivity index (χ2v) is 3.72. The fourth-order valence-corrected chi connectivity index (χ4v) is 1.28. The van der Waals surface area contributed by atoms with E-state index in [9.17, 15) is 9.59 Å². The minimum absolute atomic E-state index is 0.163. The number of esters is 1. The summed E-state index contributed by atoms with van der Waals surface area (Å²) in [6.45, 7) is 1.67. The van der Waals surface area contributed by atoms with Gasteiger partial charge in [-0.25, -0.2) is 9.59 Å². The summed E-state index contributed by atoms with van der Waals surface area (Å²) in [5.74, 6) is -0.537. The predicted molar refractivity (Wildman–Crippen MR) is 66.0 cm³/mol. The molecule has 0 aliphatic carbocycles. The van der Waals surface area contributed by atoms with Crippen molar-refractivity contribution in [3.8, 4) is 0 Å². The molecule has 6 heteroatoms. The zero-order chi connectivity index (χ0) is 13.4. The molecule has 1 atom stereocenters. The molecule has 0 saturated heterocycles. The second kappa shape index (κ2) is 7.55. The number of amides is 1. The van der Waals surface area contributed by atoms with Crippen LogP contribution in [0.5, 0.6) is 0 Å². The Hall–Kier alpha value is -1.75. The van der Waals surface area contributed by atoms with Crippen LogP contribution < -0.4 is 5.32 Å². The normalized spacial score (nSPS) is 11.4. The van der Waals surface area contributed by atoms with E-state index in [1.165, 1.54) is 6.92 Å². The highest BCUT2D eigenvalue weighted by Gasteiger charge is 2.17. The van der Waals surface area contributed by atoms with Crippen LogP contribution in [0.1, 0.15) is 12.5 Å². The van der Waals surface area contributed by atoms with Crippen LogP contribution in [0.25, 0.3) is 0 Å². The predicted octanol–water partition coefficient (Wildman–Crippen LogP) is 2.04. The van der Waals surface area contributed by atoms with Crippen LogP contribution in [0.15, 0.2) is 30.3 Å². The van der Waals surface area contributed by atoms with Crippen LogP contribution >= 0.6 is 11.6 Å². The van der Waals surface area contributed by atoms with E-state index in [0.717, 1.165) is 5.56 Å². The SMILES string of the molecule is CC(NC(=O)OCCl)C(=O)OCc1ccccc1. The van der Waals surface area contributed by atoms with Gasteiger partial charge in [0.1, 0.15) is 12.6 Å². The molecule has 0 saturated carbocycles. The van der Waals surface area contributed by atoms with Crippen LogP contribution in [0.4, 0.5) is 4.79 Å². The van der Waals surface area contributed by atoms with Crippen molar-refractivity contribution in [1.29, 1.82) is 0 Å². The molecule has 1 N–H and O–H groups in total. The maximum absolute atomic E-state index is 11.5. The van der Waals surface area contributed by atoms with E-state index in [1.807, 2.05) is 30.3 Å². The molecule has 0 spiro atoms. The monoisotopic (exact) mass is 271 g/mol. The number of rotatable bonds is 5. The third kappa shape index (κ3) is 5.05. The molecule has 1 aromatic rings. The number of alkyl carbamates (subject to hydrolysis) is 1. The first-order valence-electron chi connectivity index (χ1n) is 5.33. The number of hydrogen-bond donors (Lipinski definition) is 1. The van der Waals surface area contributed by atoms with Gasteiger partial charge in [-0.3, -0.25) is 0 Å². The third-order valence-electron chi connectivity index (χ3n) is 2.10. The number of benzene rings is 1. The molecule has 1 rings (SSSR count). The molecule has 1 unspecified atom stereocenters. The van der Waals surface area contributed by atoms with Gasteiger partial charge in [0.25, 0.3) is 0 Å². The van der Waals surface area contributed by atoms with Gasteiger partial charge in [-0.1, -0.05) is 41.9 Å². The maximum atomic E-state index is 11.5. The Bertz CT molecular complexity index is 396. The number of carbonyl (C=O) groups excluding carboxylic acids is 2. The average molecular weight is 272 g/mol. The molecule has 1 amide bonds. The molecule has 0 bridgehead atoms. The van der Waals surface area contributed by atoms with Crippen molar-refractivity contribution < 1.29 is 19.1 Å². The molecule has 0 aliphatic rings. The lowest BCUT2D eigenvalue weighted by Crippen LogP contribution is -2.39. The first kappa shape index (κ1) is 14.3. The number of halogens is 1. The lowest BCUT2D eigenvalue weighted by Gasteiger charge is -2.12. The number of alkyl halides is 1. The molecule has 0 fully saturated rings. The van der Waals surface area contributed by atoms with E-state index < -0.39 is 18.1 Å². The van der Waals surface area contributed by atoms with Gasteiger partial charge in [-0.2, -0.15) is 0 Å². The average Bonchev–Trinajstić information content (AvgIpc) is 2.37. The Morgan fingerprint density at radius 1 is 1.28 bits per heavy atom. The first-order valence-corrected chi connectivity index (χ1v) is 5.86. The van der Waals surface area contributed by atoms with Crippen molar-refractivity contribution in [2.75, 3.05) is 6.07 Å². The summed E-state index contributed by atoms with van der Waals surface area (Å²) in [7, 11) is 0. The topological polar surface area (TPSA) is 64.6 Å². The summed E-state index contributed by atoms with van der Waals surface area (Å²) >= 11 is 5.20. The summed E-state index contributed by atoms with van der Waals surface area (Å²) in [5, 5.41) is 2.30. The summed E-state index contributed by atoms with van der Waals surface area (Å²) in [5.41, 5.74) is 0.876. The Labute approximate surface area is 110 Å². The second-order valence-electron chi connectivity index (χ2n) is 3.50. The summed E-state index contributed by atoms with van der Waals surface area (Å²) in [6.07, 6.45) is -0.755. The van der Waals surface area contributed by atoms with Crippen molar-refractivity contribution in [3.05, 3.63) is 35.9 Å². The minimum Gasteiger partial charge on any atom is -0.459 e. The van der Waals surface area contributed by atoms with E-state index in [1.54, 1.807) is 0 Å². The molecule has 18 heavy (non-hydrogen) atoms. The van der Waals surface area contributed by atoms with E-state index >= 15 is 0 Å². The summed E-state index contributed by atoms with van der Waals surface area (Å²) in [4.78, 5) is 22.5.